The van der Waals surface area contributed by atoms with Crippen LogP contribution in [0.3, 0.4) is 0 Å². The van der Waals surface area contributed by atoms with Crippen molar-refractivity contribution in [3.8, 4) is 0 Å². The summed E-state index contributed by atoms with van der Waals surface area (Å²) in [6.45, 7) is 8.03. The van der Waals surface area contributed by atoms with Crippen LogP contribution in [0.15, 0.2) is 46.9 Å². The van der Waals surface area contributed by atoms with Gasteiger partial charge in [-0.2, -0.15) is 0 Å². The van der Waals surface area contributed by atoms with E-state index in [4.69, 9.17) is 12.2 Å². The zero-order valence-corrected chi connectivity index (χ0v) is 17.2. The van der Waals surface area contributed by atoms with E-state index in [2.05, 4.69) is 5.32 Å². The van der Waals surface area contributed by atoms with Crippen LogP contribution in [0.2, 0.25) is 0 Å². The van der Waals surface area contributed by atoms with Crippen LogP contribution in [-0.2, 0) is 9.59 Å². The molecule has 1 aliphatic rings. The van der Waals surface area contributed by atoms with E-state index in [1.165, 1.54) is 16.7 Å². The van der Waals surface area contributed by atoms with E-state index >= 15 is 0 Å². The minimum absolute atomic E-state index is 0.0873. The number of rotatable bonds is 5. The highest BCUT2D eigenvalue weighted by Gasteiger charge is 2.32. The summed E-state index contributed by atoms with van der Waals surface area (Å²) in [5.41, 5.74) is 1.77. The number of nitrogens with one attached hydrogen (secondary N) is 1. The fraction of sp³-hybridized carbons (Fsp3) is 0.350. The molecule has 0 aliphatic carbocycles. The molecule has 0 spiro atoms. The average Bonchev–Trinajstić information content (AvgIpc) is 2.78. The summed E-state index contributed by atoms with van der Waals surface area (Å²) >= 11 is 6.60. The Morgan fingerprint density at radius 3 is 2.54 bits per heavy atom. The van der Waals surface area contributed by atoms with Gasteiger partial charge in [-0.05, 0) is 44.9 Å². The molecule has 1 saturated heterocycles. The average molecular weight is 389 g/mol. The Labute approximate surface area is 164 Å². The molecule has 138 valence electrons. The van der Waals surface area contributed by atoms with Crippen molar-refractivity contribution in [2.24, 2.45) is 0 Å². The number of hydrogen-bond acceptors (Lipinski definition) is 4. The van der Waals surface area contributed by atoms with E-state index < -0.39 is 0 Å². The molecule has 1 fully saturated rings. The predicted molar refractivity (Wildman–Crippen MR) is 113 cm³/mol. The molecule has 0 unspecified atom stereocenters. The third-order valence-electron chi connectivity index (χ3n) is 3.50. The van der Waals surface area contributed by atoms with Crippen LogP contribution in [0, 0.1) is 0 Å². The molecule has 0 atom stereocenters. The number of amides is 2. The normalized spacial score (nSPS) is 17.2. The highest BCUT2D eigenvalue weighted by atomic mass is 32.2. The third-order valence-corrected chi connectivity index (χ3v) is 4.88. The van der Waals surface area contributed by atoms with Gasteiger partial charge in [-0.15, -0.1) is 0 Å². The monoisotopic (exact) mass is 388 g/mol. The van der Waals surface area contributed by atoms with Crippen LogP contribution in [-0.4, -0.2) is 33.1 Å². The summed E-state index contributed by atoms with van der Waals surface area (Å²) in [7, 11) is 0. The molecule has 1 heterocycles. The largest absolute Gasteiger partial charge is 0.351 e. The van der Waals surface area contributed by atoms with E-state index in [-0.39, 0.29) is 23.8 Å². The summed E-state index contributed by atoms with van der Waals surface area (Å²) in [4.78, 5) is 26.7. The van der Waals surface area contributed by atoms with E-state index in [0.29, 0.717) is 15.8 Å². The topological polar surface area (TPSA) is 49.4 Å². The smallest absolute Gasteiger partial charge is 0.266 e. The van der Waals surface area contributed by atoms with Crippen molar-refractivity contribution in [3.05, 3.63) is 52.4 Å². The summed E-state index contributed by atoms with van der Waals surface area (Å²) in [5.74, 6) is -0.222. The molecule has 0 aromatic heterocycles. The molecule has 1 aromatic carbocycles. The lowest BCUT2D eigenvalue weighted by molar-refractivity contribution is -0.124. The van der Waals surface area contributed by atoms with Crippen molar-refractivity contribution in [2.75, 3.05) is 6.54 Å². The van der Waals surface area contributed by atoms with Gasteiger partial charge < -0.3 is 5.32 Å². The summed E-state index contributed by atoms with van der Waals surface area (Å²) in [5, 5.41) is 2.89. The lowest BCUT2D eigenvalue weighted by Gasteiger charge is -2.21. The van der Waals surface area contributed by atoms with Gasteiger partial charge in [0.05, 0.1) is 4.91 Å². The Balaban J connectivity index is 2.01. The minimum Gasteiger partial charge on any atom is -0.351 e. The van der Waals surface area contributed by atoms with Gasteiger partial charge in [-0.1, -0.05) is 60.4 Å². The number of thiocarbonyl (C=S) groups is 1. The zero-order valence-electron chi connectivity index (χ0n) is 15.5. The molecular weight excluding hydrogens is 364 g/mol. The Kier molecular flexibility index (Phi) is 6.78. The predicted octanol–water partition coefficient (Wildman–Crippen LogP) is 4.14. The van der Waals surface area contributed by atoms with Gasteiger partial charge in [0.15, 0.2) is 0 Å². The molecule has 1 N–H and O–H groups in total. The van der Waals surface area contributed by atoms with Crippen molar-refractivity contribution < 1.29 is 9.59 Å². The summed E-state index contributed by atoms with van der Waals surface area (Å²) in [6.07, 6.45) is 4.10. The number of allylic oxidation sites excluding steroid dienone is 2. The van der Waals surface area contributed by atoms with Crippen LogP contribution < -0.4 is 5.32 Å². The molecule has 4 nitrogen and oxygen atoms in total. The van der Waals surface area contributed by atoms with E-state index in [1.807, 2.05) is 70.2 Å². The molecular formula is C20H24N2O2S2. The number of benzene rings is 1. The van der Waals surface area contributed by atoms with Crippen molar-refractivity contribution in [2.45, 2.75) is 39.7 Å². The second kappa shape index (κ2) is 8.64. The fourth-order valence-corrected chi connectivity index (χ4v) is 3.81. The van der Waals surface area contributed by atoms with E-state index in [0.717, 1.165) is 11.1 Å². The molecule has 2 rings (SSSR count). The van der Waals surface area contributed by atoms with Gasteiger partial charge >= 0.3 is 0 Å². The van der Waals surface area contributed by atoms with E-state index in [9.17, 15) is 9.59 Å². The van der Waals surface area contributed by atoms with Crippen molar-refractivity contribution in [3.63, 3.8) is 0 Å². The Morgan fingerprint density at radius 1 is 1.27 bits per heavy atom. The third kappa shape index (κ3) is 6.11. The van der Waals surface area contributed by atoms with Crippen LogP contribution in [0.5, 0.6) is 0 Å². The lowest BCUT2D eigenvalue weighted by atomic mass is 10.1. The first kappa shape index (κ1) is 20.4. The first-order chi connectivity index (χ1) is 12.2. The molecule has 2 amide bonds. The standard InChI is InChI=1S/C20H24N2O2S2/c1-14(12-15-8-6-5-7-9-15)13-16-18(24)22(19(25)26-16)11-10-17(23)21-20(2,3)4/h5-9,12-13H,10-11H2,1-4H3,(H,21,23). The van der Waals surface area contributed by atoms with E-state index in [1.54, 1.807) is 0 Å². The van der Waals surface area contributed by atoms with Crippen LogP contribution in [0.1, 0.15) is 39.7 Å². The maximum absolute atomic E-state index is 12.6. The Bertz CT molecular complexity index is 762. The fourth-order valence-electron chi connectivity index (χ4n) is 2.45. The first-order valence-electron chi connectivity index (χ1n) is 8.45. The molecule has 0 bridgehead atoms. The molecule has 1 aromatic rings. The van der Waals surface area contributed by atoms with Gasteiger partial charge in [0.25, 0.3) is 5.91 Å². The molecule has 1 aliphatic heterocycles. The molecule has 0 saturated carbocycles. The number of hydrogen-bond donors (Lipinski definition) is 1. The van der Waals surface area contributed by atoms with Gasteiger partial charge in [0.1, 0.15) is 4.32 Å². The van der Waals surface area contributed by atoms with Crippen LogP contribution in [0.25, 0.3) is 6.08 Å². The van der Waals surface area contributed by atoms with Crippen molar-refractivity contribution in [1.29, 1.82) is 0 Å². The second-order valence-corrected chi connectivity index (χ2v) is 8.86. The lowest BCUT2D eigenvalue weighted by Crippen LogP contribution is -2.42. The Morgan fingerprint density at radius 2 is 1.92 bits per heavy atom. The SMILES string of the molecule is CC(=Cc1ccccc1)C=C1SC(=S)N(CCC(=O)NC(C)(C)C)C1=O. The van der Waals surface area contributed by atoms with Gasteiger partial charge in [0, 0.05) is 18.5 Å². The van der Waals surface area contributed by atoms with Gasteiger partial charge in [-0.3, -0.25) is 14.5 Å². The molecule has 26 heavy (non-hydrogen) atoms. The zero-order chi connectivity index (χ0) is 19.3. The summed E-state index contributed by atoms with van der Waals surface area (Å²) < 4.78 is 0.498. The molecule has 0 radical (unpaired) electrons. The molecule has 6 heteroatoms. The minimum atomic E-state index is -0.286. The maximum atomic E-state index is 12.6. The highest BCUT2D eigenvalue weighted by molar-refractivity contribution is 8.26. The van der Waals surface area contributed by atoms with Crippen molar-refractivity contribution >= 4 is 46.2 Å². The van der Waals surface area contributed by atoms with Gasteiger partial charge in [-0.25, -0.2) is 0 Å². The van der Waals surface area contributed by atoms with Crippen molar-refractivity contribution in [1.82, 2.24) is 10.2 Å². The number of carbonyl (C=O) groups is 2. The number of nitrogens with zero attached hydrogens (tertiary/aromatic N) is 1. The van der Waals surface area contributed by atoms with Crippen LogP contribution in [0.4, 0.5) is 0 Å². The highest BCUT2D eigenvalue weighted by Crippen LogP contribution is 2.32. The second-order valence-electron chi connectivity index (χ2n) is 7.18. The Hall–Kier alpha value is -1.92. The number of thioether (sulfide) groups is 1. The maximum Gasteiger partial charge on any atom is 0.266 e. The quantitative estimate of drug-likeness (QED) is 0.608. The van der Waals surface area contributed by atoms with Crippen LogP contribution >= 0.6 is 24.0 Å². The summed E-state index contributed by atoms with van der Waals surface area (Å²) in [6, 6.07) is 9.93. The number of carbonyl (C=O) groups excluding carboxylic acids is 2. The van der Waals surface area contributed by atoms with Gasteiger partial charge in [0.2, 0.25) is 5.91 Å². The first-order valence-corrected chi connectivity index (χ1v) is 9.68.